The number of aromatic nitrogens is 3. The number of benzene rings is 1. The van der Waals surface area contributed by atoms with Gasteiger partial charge in [-0.25, -0.2) is 4.39 Å². The highest BCUT2D eigenvalue weighted by Crippen LogP contribution is 2.26. The standard InChI is InChI=1S/C20H22FN5/c1-14-9-10-15(2)26(14)20-23-18(22-17-8-4-3-7-16(17)21)13-19(24-20)25-11-5-6-12-25/h3-4,7-10,13H,5-6,11-12H2,1-2H3,(H,22,23,24). The molecule has 1 saturated heterocycles. The Morgan fingerprint density at radius 2 is 1.65 bits per heavy atom. The molecule has 0 amide bonds. The summed E-state index contributed by atoms with van der Waals surface area (Å²) in [6.07, 6.45) is 2.33. The molecule has 1 aliphatic rings. The highest BCUT2D eigenvalue weighted by molar-refractivity contribution is 5.61. The zero-order valence-corrected chi connectivity index (χ0v) is 15.0. The number of rotatable bonds is 4. The lowest BCUT2D eigenvalue weighted by molar-refractivity contribution is 0.631. The lowest BCUT2D eigenvalue weighted by Gasteiger charge is -2.19. The summed E-state index contributed by atoms with van der Waals surface area (Å²) in [5, 5.41) is 3.11. The van der Waals surface area contributed by atoms with E-state index in [0.717, 1.165) is 43.1 Å². The molecule has 0 bridgehead atoms. The van der Waals surface area contributed by atoms with E-state index < -0.39 is 0 Å². The van der Waals surface area contributed by atoms with Gasteiger partial charge in [-0.2, -0.15) is 9.97 Å². The highest BCUT2D eigenvalue weighted by atomic mass is 19.1. The van der Waals surface area contributed by atoms with E-state index in [1.807, 2.05) is 36.6 Å². The molecule has 4 rings (SSSR count). The van der Waals surface area contributed by atoms with Crippen molar-refractivity contribution in [3.05, 3.63) is 59.7 Å². The van der Waals surface area contributed by atoms with Crippen molar-refractivity contribution in [2.45, 2.75) is 26.7 Å². The second-order valence-corrected chi connectivity index (χ2v) is 6.66. The van der Waals surface area contributed by atoms with Crippen LogP contribution in [-0.4, -0.2) is 27.6 Å². The highest BCUT2D eigenvalue weighted by Gasteiger charge is 2.18. The van der Waals surface area contributed by atoms with Gasteiger partial charge in [0.2, 0.25) is 5.95 Å². The summed E-state index contributed by atoms with van der Waals surface area (Å²) in [6.45, 7) is 6.03. The van der Waals surface area contributed by atoms with Crippen molar-refractivity contribution in [3.8, 4) is 5.95 Å². The molecule has 5 nitrogen and oxygen atoms in total. The molecule has 3 heterocycles. The van der Waals surface area contributed by atoms with E-state index >= 15 is 0 Å². The van der Waals surface area contributed by atoms with Gasteiger partial charge in [0, 0.05) is 30.5 Å². The fourth-order valence-electron chi connectivity index (χ4n) is 3.38. The van der Waals surface area contributed by atoms with E-state index in [9.17, 15) is 4.39 Å². The van der Waals surface area contributed by atoms with Crippen molar-refractivity contribution >= 4 is 17.3 Å². The number of hydrogen-bond acceptors (Lipinski definition) is 4. The Balaban J connectivity index is 1.79. The van der Waals surface area contributed by atoms with Crippen LogP contribution >= 0.6 is 0 Å². The molecule has 0 saturated carbocycles. The van der Waals surface area contributed by atoms with Gasteiger partial charge in [0.25, 0.3) is 0 Å². The lowest BCUT2D eigenvalue weighted by Crippen LogP contribution is -2.20. The molecule has 0 unspecified atom stereocenters. The predicted molar refractivity (Wildman–Crippen MR) is 102 cm³/mol. The van der Waals surface area contributed by atoms with E-state index in [4.69, 9.17) is 4.98 Å². The molecule has 0 atom stereocenters. The first kappa shape index (κ1) is 16.6. The Hall–Kier alpha value is -2.89. The molecular weight excluding hydrogens is 329 g/mol. The first-order valence-corrected chi connectivity index (χ1v) is 8.93. The van der Waals surface area contributed by atoms with Gasteiger partial charge in [-0.05, 0) is 51.0 Å². The molecular formula is C20H22FN5. The largest absolute Gasteiger partial charge is 0.356 e. The molecule has 0 radical (unpaired) electrons. The van der Waals surface area contributed by atoms with Crippen molar-refractivity contribution in [3.63, 3.8) is 0 Å². The van der Waals surface area contributed by atoms with Crippen molar-refractivity contribution in [1.29, 1.82) is 0 Å². The van der Waals surface area contributed by atoms with E-state index in [1.54, 1.807) is 18.2 Å². The van der Waals surface area contributed by atoms with Gasteiger partial charge in [-0.15, -0.1) is 0 Å². The molecule has 26 heavy (non-hydrogen) atoms. The fourth-order valence-corrected chi connectivity index (χ4v) is 3.38. The van der Waals surface area contributed by atoms with Crippen molar-refractivity contribution in [2.75, 3.05) is 23.3 Å². The second-order valence-electron chi connectivity index (χ2n) is 6.66. The molecule has 6 heteroatoms. The van der Waals surface area contributed by atoms with Crippen LogP contribution in [0.4, 0.5) is 21.7 Å². The van der Waals surface area contributed by atoms with Crippen LogP contribution in [0.2, 0.25) is 0 Å². The number of nitrogens with one attached hydrogen (secondary N) is 1. The van der Waals surface area contributed by atoms with Gasteiger partial charge in [0.1, 0.15) is 17.5 Å². The van der Waals surface area contributed by atoms with Crippen LogP contribution in [0, 0.1) is 19.7 Å². The lowest BCUT2D eigenvalue weighted by atomic mass is 10.3. The van der Waals surface area contributed by atoms with E-state index in [0.29, 0.717) is 17.5 Å². The van der Waals surface area contributed by atoms with E-state index in [-0.39, 0.29) is 5.82 Å². The molecule has 0 spiro atoms. The second kappa shape index (κ2) is 6.78. The predicted octanol–water partition coefficient (Wildman–Crippen LogP) is 4.37. The molecule has 0 aliphatic carbocycles. The summed E-state index contributed by atoms with van der Waals surface area (Å²) in [4.78, 5) is 11.7. The summed E-state index contributed by atoms with van der Waals surface area (Å²) >= 11 is 0. The van der Waals surface area contributed by atoms with Crippen molar-refractivity contribution < 1.29 is 4.39 Å². The molecule has 2 aromatic heterocycles. The minimum absolute atomic E-state index is 0.302. The maximum absolute atomic E-state index is 14.1. The van der Waals surface area contributed by atoms with Gasteiger partial charge < -0.3 is 10.2 Å². The first-order valence-electron chi connectivity index (χ1n) is 8.93. The maximum Gasteiger partial charge on any atom is 0.238 e. The van der Waals surface area contributed by atoms with Crippen LogP contribution in [0.25, 0.3) is 5.95 Å². The van der Waals surface area contributed by atoms with Gasteiger partial charge in [-0.3, -0.25) is 4.57 Å². The van der Waals surface area contributed by atoms with Crippen molar-refractivity contribution in [2.24, 2.45) is 0 Å². The van der Waals surface area contributed by atoms with Crippen LogP contribution in [0.3, 0.4) is 0 Å². The summed E-state index contributed by atoms with van der Waals surface area (Å²) in [5.74, 6) is 1.77. The third-order valence-electron chi connectivity index (χ3n) is 4.74. The Labute approximate surface area is 152 Å². The Morgan fingerprint density at radius 1 is 0.962 bits per heavy atom. The minimum Gasteiger partial charge on any atom is -0.356 e. The van der Waals surface area contributed by atoms with Gasteiger partial charge in [0.15, 0.2) is 0 Å². The fraction of sp³-hybridized carbons (Fsp3) is 0.300. The van der Waals surface area contributed by atoms with Crippen LogP contribution in [0.15, 0.2) is 42.5 Å². The van der Waals surface area contributed by atoms with Crippen LogP contribution < -0.4 is 10.2 Å². The molecule has 3 aromatic rings. The summed E-state index contributed by atoms with van der Waals surface area (Å²) in [5.41, 5.74) is 2.54. The van der Waals surface area contributed by atoms with Gasteiger partial charge in [0.05, 0.1) is 5.69 Å². The zero-order chi connectivity index (χ0) is 18.1. The van der Waals surface area contributed by atoms with Crippen molar-refractivity contribution in [1.82, 2.24) is 14.5 Å². The average Bonchev–Trinajstić information content (AvgIpc) is 3.27. The third-order valence-corrected chi connectivity index (χ3v) is 4.74. The third kappa shape index (κ3) is 3.14. The van der Waals surface area contributed by atoms with Crippen LogP contribution in [0.1, 0.15) is 24.2 Å². The Morgan fingerprint density at radius 3 is 2.35 bits per heavy atom. The smallest absolute Gasteiger partial charge is 0.238 e. The first-order chi connectivity index (χ1) is 12.6. The average molecular weight is 351 g/mol. The monoisotopic (exact) mass is 351 g/mol. The summed E-state index contributed by atoms with van der Waals surface area (Å²) in [7, 11) is 0. The number of halogens is 1. The minimum atomic E-state index is -0.302. The molecule has 134 valence electrons. The van der Waals surface area contributed by atoms with Gasteiger partial charge in [-0.1, -0.05) is 12.1 Å². The van der Waals surface area contributed by atoms with Crippen LogP contribution in [-0.2, 0) is 0 Å². The summed E-state index contributed by atoms with van der Waals surface area (Å²) in [6, 6.07) is 12.6. The Bertz CT molecular complexity index is 908. The number of anilines is 3. The summed E-state index contributed by atoms with van der Waals surface area (Å²) < 4.78 is 16.1. The van der Waals surface area contributed by atoms with Gasteiger partial charge >= 0.3 is 0 Å². The SMILES string of the molecule is Cc1ccc(C)n1-c1nc(Nc2ccccc2F)cc(N2CCCC2)n1. The van der Waals surface area contributed by atoms with Crippen LogP contribution in [0.5, 0.6) is 0 Å². The maximum atomic E-state index is 14.1. The number of hydrogen-bond donors (Lipinski definition) is 1. The number of aryl methyl sites for hydroxylation is 2. The number of para-hydroxylation sites is 1. The Kier molecular flexibility index (Phi) is 4.32. The number of nitrogens with zero attached hydrogens (tertiary/aromatic N) is 4. The zero-order valence-electron chi connectivity index (χ0n) is 15.0. The topological polar surface area (TPSA) is 46.0 Å². The molecule has 1 aliphatic heterocycles. The molecule has 1 N–H and O–H groups in total. The van der Waals surface area contributed by atoms with E-state index in [2.05, 4.69) is 15.2 Å². The molecule has 1 fully saturated rings. The quantitative estimate of drug-likeness (QED) is 0.758. The normalized spacial score (nSPS) is 14.0. The van der Waals surface area contributed by atoms with E-state index in [1.165, 1.54) is 6.07 Å². The molecule has 1 aromatic carbocycles.